The molecule has 0 saturated carbocycles. The Morgan fingerprint density at radius 3 is 1.71 bits per heavy atom. The lowest BCUT2D eigenvalue weighted by atomic mass is 10.1. The first-order valence-corrected chi connectivity index (χ1v) is 9.28. The minimum atomic E-state index is -1.82. The van der Waals surface area contributed by atoms with Crippen LogP contribution in [0.3, 0.4) is 0 Å². The summed E-state index contributed by atoms with van der Waals surface area (Å²) in [5.74, 6) is 0. The molecule has 4 heteroatoms. The Labute approximate surface area is 108 Å². The van der Waals surface area contributed by atoms with Gasteiger partial charge in [0.2, 0.25) is 0 Å². The second kappa shape index (κ2) is 11.2. The van der Waals surface area contributed by atoms with E-state index in [2.05, 4.69) is 6.92 Å². The van der Waals surface area contributed by atoms with E-state index in [0.29, 0.717) is 0 Å². The molecule has 0 fully saturated rings. The molecule has 0 aliphatic rings. The predicted molar refractivity (Wildman–Crippen MR) is 76.4 cm³/mol. The molecule has 0 atom stereocenters. The topological polar surface area (TPSA) is 44.5 Å². The molecule has 0 aromatic rings. The third-order valence-corrected chi connectivity index (χ3v) is 7.23. The number of hydrogen-bond donors (Lipinski definition) is 1. The highest BCUT2D eigenvalue weighted by Crippen LogP contribution is 2.21. The Morgan fingerprint density at radius 2 is 1.29 bits per heavy atom. The van der Waals surface area contributed by atoms with Gasteiger partial charge in [0.1, 0.15) is 0 Å². The van der Waals surface area contributed by atoms with E-state index in [1.165, 1.54) is 44.9 Å². The maximum Gasteiger partial charge on any atom is 0.337 e. The molecular formula is C13H31NO2Si. The lowest BCUT2D eigenvalue weighted by Crippen LogP contribution is -2.38. The van der Waals surface area contributed by atoms with Crippen molar-refractivity contribution in [1.82, 2.24) is 0 Å². The molecule has 0 spiro atoms. The molecule has 0 bridgehead atoms. The van der Waals surface area contributed by atoms with Crippen LogP contribution in [0.5, 0.6) is 0 Å². The maximum absolute atomic E-state index is 5.60. The molecule has 0 aliphatic carbocycles. The number of rotatable bonds is 12. The van der Waals surface area contributed by atoms with Gasteiger partial charge in [0, 0.05) is 14.2 Å². The Hall–Kier alpha value is 0.0969. The Bertz CT molecular complexity index is 155. The van der Waals surface area contributed by atoms with Crippen LogP contribution in [0, 0.1) is 0 Å². The first-order valence-electron chi connectivity index (χ1n) is 7.05. The molecule has 0 amide bonds. The van der Waals surface area contributed by atoms with Crippen LogP contribution in [-0.4, -0.2) is 29.3 Å². The quantitative estimate of drug-likeness (QED) is 0.432. The standard InChI is InChI=1S/C13H31NO2Si/c1-4-17(15-2,16-3)13-11-9-7-5-6-8-10-12-14/h4-14H2,1-3H3. The van der Waals surface area contributed by atoms with Gasteiger partial charge >= 0.3 is 8.56 Å². The highest BCUT2D eigenvalue weighted by molar-refractivity contribution is 6.67. The van der Waals surface area contributed by atoms with E-state index in [-0.39, 0.29) is 0 Å². The summed E-state index contributed by atoms with van der Waals surface area (Å²) in [5.41, 5.74) is 5.46. The van der Waals surface area contributed by atoms with E-state index in [1.54, 1.807) is 14.2 Å². The summed E-state index contributed by atoms with van der Waals surface area (Å²) in [6.07, 6.45) is 9.05. The average Bonchev–Trinajstić information content (AvgIpc) is 2.38. The molecule has 0 saturated heterocycles. The van der Waals surface area contributed by atoms with E-state index in [9.17, 15) is 0 Å². The van der Waals surface area contributed by atoms with E-state index in [4.69, 9.17) is 14.6 Å². The van der Waals surface area contributed by atoms with Crippen molar-refractivity contribution < 1.29 is 8.85 Å². The van der Waals surface area contributed by atoms with Gasteiger partial charge in [0.25, 0.3) is 0 Å². The van der Waals surface area contributed by atoms with Crippen molar-refractivity contribution in [3.05, 3.63) is 0 Å². The van der Waals surface area contributed by atoms with Gasteiger partial charge in [-0.15, -0.1) is 0 Å². The first-order chi connectivity index (χ1) is 8.24. The molecule has 0 rings (SSSR count). The van der Waals surface area contributed by atoms with Crippen LogP contribution in [0.2, 0.25) is 12.1 Å². The van der Waals surface area contributed by atoms with Gasteiger partial charge in [-0.1, -0.05) is 45.4 Å². The van der Waals surface area contributed by atoms with Crippen LogP contribution in [0.1, 0.15) is 51.9 Å². The van der Waals surface area contributed by atoms with Gasteiger partial charge in [-0.05, 0) is 25.1 Å². The fourth-order valence-electron chi connectivity index (χ4n) is 2.18. The van der Waals surface area contributed by atoms with Gasteiger partial charge in [0.05, 0.1) is 0 Å². The Balaban J connectivity index is 3.43. The van der Waals surface area contributed by atoms with Crippen molar-refractivity contribution in [1.29, 1.82) is 0 Å². The van der Waals surface area contributed by atoms with Crippen LogP contribution in [0.15, 0.2) is 0 Å². The highest BCUT2D eigenvalue weighted by atomic mass is 28.4. The summed E-state index contributed by atoms with van der Waals surface area (Å²) in [6.45, 7) is 3.01. The molecule has 17 heavy (non-hydrogen) atoms. The van der Waals surface area contributed by atoms with E-state index in [1.807, 2.05) is 0 Å². The highest BCUT2D eigenvalue weighted by Gasteiger charge is 2.32. The normalized spacial score (nSPS) is 12.0. The van der Waals surface area contributed by atoms with Gasteiger partial charge < -0.3 is 14.6 Å². The van der Waals surface area contributed by atoms with E-state index >= 15 is 0 Å². The van der Waals surface area contributed by atoms with Gasteiger partial charge in [0.15, 0.2) is 0 Å². The summed E-state index contributed by atoms with van der Waals surface area (Å²) < 4.78 is 11.2. The Kier molecular flexibility index (Phi) is 11.3. The minimum absolute atomic E-state index is 0.840. The molecule has 0 unspecified atom stereocenters. The second-order valence-electron chi connectivity index (χ2n) is 4.69. The van der Waals surface area contributed by atoms with Crippen molar-refractivity contribution in [3.63, 3.8) is 0 Å². The zero-order chi connectivity index (χ0) is 13.0. The number of unbranched alkanes of at least 4 members (excludes halogenated alkanes) is 6. The van der Waals surface area contributed by atoms with Gasteiger partial charge in [-0.25, -0.2) is 0 Å². The molecule has 0 heterocycles. The average molecular weight is 261 g/mol. The molecule has 0 aromatic heterocycles. The first kappa shape index (κ1) is 17.1. The molecule has 104 valence electrons. The fourth-order valence-corrected chi connectivity index (χ4v) is 4.47. The smallest absolute Gasteiger partial charge is 0.337 e. The van der Waals surface area contributed by atoms with Gasteiger partial charge in [-0.3, -0.25) is 0 Å². The van der Waals surface area contributed by atoms with Crippen LogP contribution in [0.25, 0.3) is 0 Å². The second-order valence-corrected chi connectivity index (χ2v) is 8.53. The lowest BCUT2D eigenvalue weighted by molar-refractivity contribution is 0.241. The van der Waals surface area contributed by atoms with Crippen molar-refractivity contribution in [3.8, 4) is 0 Å². The van der Waals surface area contributed by atoms with Crippen molar-refractivity contribution in [2.75, 3.05) is 20.8 Å². The monoisotopic (exact) mass is 261 g/mol. The molecule has 0 aliphatic heterocycles. The molecule has 0 radical (unpaired) electrons. The zero-order valence-electron chi connectivity index (χ0n) is 12.0. The minimum Gasteiger partial charge on any atom is -0.398 e. The third-order valence-electron chi connectivity index (χ3n) is 3.54. The van der Waals surface area contributed by atoms with Crippen molar-refractivity contribution in [2.24, 2.45) is 5.73 Å². The molecule has 2 N–H and O–H groups in total. The summed E-state index contributed by atoms with van der Waals surface area (Å²) in [6, 6.07) is 2.19. The molecular weight excluding hydrogens is 230 g/mol. The molecule has 3 nitrogen and oxygen atoms in total. The van der Waals surface area contributed by atoms with Crippen LogP contribution < -0.4 is 5.73 Å². The summed E-state index contributed by atoms with van der Waals surface area (Å²) in [4.78, 5) is 0. The predicted octanol–water partition coefficient (Wildman–Crippen LogP) is 3.43. The van der Waals surface area contributed by atoms with Crippen LogP contribution >= 0.6 is 0 Å². The fraction of sp³-hybridized carbons (Fsp3) is 1.00. The van der Waals surface area contributed by atoms with Gasteiger partial charge in [-0.2, -0.15) is 0 Å². The largest absolute Gasteiger partial charge is 0.398 e. The van der Waals surface area contributed by atoms with Crippen LogP contribution in [0.4, 0.5) is 0 Å². The zero-order valence-corrected chi connectivity index (χ0v) is 13.0. The number of nitrogens with two attached hydrogens (primary N) is 1. The lowest BCUT2D eigenvalue weighted by Gasteiger charge is -2.25. The van der Waals surface area contributed by atoms with Crippen molar-refractivity contribution in [2.45, 2.75) is 64.0 Å². The van der Waals surface area contributed by atoms with E-state index in [0.717, 1.165) is 18.6 Å². The maximum atomic E-state index is 5.60. The Morgan fingerprint density at radius 1 is 0.824 bits per heavy atom. The molecule has 0 aromatic carbocycles. The summed E-state index contributed by atoms with van der Waals surface area (Å²) >= 11 is 0. The number of hydrogen-bond acceptors (Lipinski definition) is 3. The summed E-state index contributed by atoms with van der Waals surface area (Å²) in [7, 11) is 1.78. The third kappa shape index (κ3) is 7.92. The summed E-state index contributed by atoms with van der Waals surface area (Å²) in [5, 5.41) is 0. The van der Waals surface area contributed by atoms with E-state index < -0.39 is 8.56 Å². The van der Waals surface area contributed by atoms with Crippen LogP contribution in [-0.2, 0) is 8.85 Å². The van der Waals surface area contributed by atoms with Crippen molar-refractivity contribution >= 4 is 8.56 Å². The SMILES string of the molecule is CC[Si](CCCCCCCCCN)(OC)OC.